The highest BCUT2D eigenvalue weighted by Crippen LogP contribution is 2.11. The minimum Gasteiger partial charge on any atom is -0.381 e. The minimum absolute atomic E-state index is 0.427. The Kier molecular flexibility index (Phi) is 3.28. The highest BCUT2D eigenvalue weighted by Gasteiger charge is 2.14. The molecule has 1 rings (SSSR count). The van der Waals surface area contributed by atoms with Crippen molar-refractivity contribution in [3.05, 3.63) is 0 Å². The Balaban J connectivity index is 1.97. The van der Waals surface area contributed by atoms with Gasteiger partial charge in [0.1, 0.15) is 6.61 Å². The molecule has 10 heavy (non-hydrogen) atoms. The molecule has 56 valence electrons. The van der Waals surface area contributed by atoms with Gasteiger partial charge in [0.25, 0.3) is 0 Å². The van der Waals surface area contributed by atoms with Crippen molar-refractivity contribution in [1.82, 2.24) is 0 Å². The molecule has 0 amide bonds. The molecule has 1 atom stereocenters. The van der Waals surface area contributed by atoms with E-state index in [-0.39, 0.29) is 0 Å². The Morgan fingerprint density at radius 2 is 2.60 bits per heavy atom. The van der Waals surface area contributed by atoms with E-state index in [0.29, 0.717) is 12.5 Å². The van der Waals surface area contributed by atoms with E-state index in [1.165, 1.54) is 0 Å². The Morgan fingerprint density at radius 3 is 3.20 bits per heavy atom. The van der Waals surface area contributed by atoms with Gasteiger partial charge in [-0.25, -0.2) is 0 Å². The van der Waals surface area contributed by atoms with Crippen LogP contribution in [0.25, 0.3) is 0 Å². The first-order valence-electron chi connectivity index (χ1n) is 3.52. The second-order valence-electron chi connectivity index (χ2n) is 2.45. The second kappa shape index (κ2) is 4.32. The summed E-state index contributed by atoms with van der Waals surface area (Å²) in [4.78, 5) is 0. The highest BCUT2D eigenvalue weighted by molar-refractivity contribution is 4.83. The third kappa shape index (κ3) is 2.38. The molecule has 0 radical (unpaired) electrons. The maximum Gasteiger partial charge on any atom is 0.107 e. The summed E-state index contributed by atoms with van der Waals surface area (Å²) < 4.78 is 10.3. The highest BCUT2D eigenvalue weighted by atomic mass is 16.5. The first kappa shape index (κ1) is 7.59. The molecule has 1 unspecified atom stereocenters. The molecule has 0 aliphatic carbocycles. The topological polar surface area (TPSA) is 18.5 Å². The van der Waals surface area contributed by atoms with Crippen LogP contribution in [0.15, 0.2) is 0 Å². The van der Waals surface area contributed by atoms with E-state index in [2.05, 4.69) is 5.92 Å². The molecule has 0 N–H and O–H groups in total. The zero-order valence-electron chi connectivity index (χ0n) is 6.01. The van der Waals surface area contributed by atoms with Gasteiger partial charge in [-0.05, 0) is 6.42 Å². The van der Waals surface area contributed by atoms with Crippen LogP contribution >= 0.6 is 0 Å². The molecule has 0 bridgehead atoms. The average molecular weight is 140 g/mol. The predicted octanol–water partition coefficient (Wildman–Crippen LogP) is 0.673. The molecule has 0 aromatic rings. The third-order valence-electron chi connectivity index (χ3n) is 1.56. The van der Waals surface area contributed by atoms with Crippen LogP contribution in [0.1, 0.15) is 6.42 Å². The molecule has 1 heterocycles. The maximum atomic E-state index is 5.16. The summed E-state index contributed by atoms with van der Waals surface area (Å²) in [5.41, 5.74) is 0. The largest absolute Gasteiger partial charge is 0.381 e. The van der Waals surface area contributed by atoms with Gasteiger partial charge in [0.2, 0.25) is 0 Å². The summed E-state index contributed by atoms with van der Waals surface area (Å²) >= 11 is 0. The van der Waals surface area contributed by atoms with E-state index in [0.717, 1.165) is 26.2 Å². The molecule has 1 saturated heterocycles. The zero-order chi connectivity index (χ0) is 7.23. The molecule has 1 aliphatic rings. The van der Waals surface area contributed by atoms with Crippen LogP contribution in [0.4, 0.5) is 0 Å². The second-order valence-corrected chi connectivity index (χ2v) is 2.45. The average Bonchev–Trinajstić information content (AvgIpc) is 2.41. The van der Waals surface area contributed by atoms with Crippen molar-refractivity contribution in [3.63, 3.8) is 0 Å². The molecule has 0 aromatic heterocycles. The van der Waals surface area contributed by atoms with Gasteiger partial charge < -0.3 is 9.47 Å². The van der Waals surface area contributed by atoms with Gasteiger partial charge in [-0.15, -0.1) is 6.42 Å². The Hall–Kier alpha value is -0.520. The van der Waals surface area contributed by atoms with Crippen molar-refractivity contribution >= 4 is 0 Å². The number of hydrogen-bond acceptors (Lipinski definition) is 2. The fourth-order valence-electron chi connectivity index (χ4n) is 0.999. The predicted molar refractivity (Wildman–Crippen MR) is 38.6 cm³/mol. The van der Waals surface area contributed by atoms with Crippen molar-refractivity contribution < 1.29 is 9.47 Å². The number of hydrogen-bond donors (Lipinski definition) is 0. The lowest BCUT2D eigenvalue weighted by atomic mass is 10.1. The lowest BCUT2D eigenvalue weighted by molar-refractivity contribution is 0.111. The van der Waals surface area contributed by atoms with Gasteiger partial charge >= 0.3 is 0 Å². The normalized spacial score (nSPS) is 24.5. The fourth-order valence-corrected chi connectivity index (χ4v) is 0.999. The van der Waals surface area contributed by atoms with Gasteiger partial charge in [-0.2, -0.15) is 0 Å². The first-order chi connectivity index (χ1) is 4.93. The lowest BCUT2D eigenvalue weighted by Gasteiger charge is -2.04. The summed E-state index contributed by atoms with van der Waals surface area (Å²) in [6, 6.07) is 0. The quantitative estimate of drug-likeness (QED) is 0.424. The SMILES string of the molecule is C#CCOCC1CCOC1. The standard InChI is InChI=1S/C8H12O2/c1-2-4-9-6-8-3-5-10-7-8/h1,8H,3-7H2. The van der Waals surface area contributed by atoms with E-state index < -0.39 is 0 Å². The summed E-state index contributed by atoms with van der Waals surface area (Å²) in [6.07, 6.45) is 6.12. The van der Waals surface area contributed by atoms with Crippen molar-refractivity contribution in [2.45, 2.75) is 6.42 Å². The first-order valence-corrected chi connectivity index (χ1v) is 3.52. The van der Waals surface area contributed by atoms with Crippen molar-refractivity contribution in [2.75, 3.05) is 26.4 Å². The Morgan fingerprint density at radius 1 is 1.70 bits per heavy atom. The maximum absolute atomic E-state index is 5.16. The van der Waals surface area contributed by atoms with E-state index in [1.54, 1.807) is 0 Å². The van der Waals surface area contributed by atoms with Crippen LogP contribution in [0.3, 0.4) is 0 Å². The molecule has 2 heteroatoms. The van der Waals surface area contributed by atoms with E-state index >= 15 is 0 Å². The molecular weight excluding hydrogens is 128 g/mol. The molecule has 0 saturated carbocycles. The monoisotopic (exact) mass is 140 g/mol. The van der Waals surface area contributed by atoms with Gasteiger partial charge in [0.05, 0.1) is 13.2 Å². The van der Waals surface area contributed by atoms with Gasteiger partial charge in [0, 0.05) is 12.5 Å². The van der Waals surface area contributed by atoms with Crippen LogP contribution in [0.2, 0.25) is 0 Å². The van der Waals surface area contributed by atoms with E-state index in [4.69, 9.17) is 15.9 Å². The summed E-state index contributed by atoms with van der Waals surface area (Å²) in [6.45, 7) is 2.90. The third-order valence-corrected chi connectivity index (χ3v) is 1.56. The van der Waals surface area contributed by atoms with Crippen LogP contribution < -0.4 is 0 Å². The zero-order valence-corrected chi connectivity index (χ0v) is 6.01. The number of rotatable bonds is 3. The van der Waals surface area contributed by atoms with Crippen LogP contribution in [0.5, 0.6) is 0 Å². The van der Waals surface area contributed by atoms with Crippen molar-refractivity contribution in [1.29, 1.82) is 0 Å². The summed E-state index contributed by atoms with van der Waals surface area (Å²) in [5.74, 6) is 3.01. The molecule has 2 nitrogen and oxygen atoms in total. The molecule has 0 aromatic carbocycles. The van der Waals surface area contributed by atoms with E-state index in [1.807, 2.05) is 0 Å². The fraction of sp³-hybridized carbons (Fsp3) is 0.750. The van der Waals surface area contributed by atoms with Gasteiger partial charge in [0.15, 0.2) is 0 Å². The van der Waals surface area contributed by atoms with Crippen LogP contribution in [0, 0.1) is 18.3 Å². The van der Waals surface area contributed by atoms with Crippen LogP contribution in [-0.2, 0) is 9.47 Å². The molecular formula is C8H12O2. The lowest BCUT2D eigenvalue weighted by Crippen LogP contribution is -2.09. The molecule has 1 fully saturated rings. The Labute approximate surface area is 61.5 Å². The smallest absolute Gasteiger partial charge is 0.107 e. The van der Waals surface area contributed by atoms with E-state index in [9.17, 15) is 0 Å². The number of ether oxygens (including phenoxy) is 2. The Bertz CT molecular complexity index is 120. The van der Waals surface area contributed by atoms with Crippen molar-refractivity contribution in [2.24, 2.45) is 5.92 Å². The van der Waals surface area contributed by atoms with Gasteiger partial charge in [-0.3, -0.25) is 0 Å². The summed E-state index contributed by atoms with van der Waals surface area (Å²) in [5, 5.41) is 0. The molecule has 1 aliphatic heterocycles. The van der Waals surface area contributed by atoms with Crippen LogP contribution in [-0.4, -0.2) is 26.4 Å². The minimum atomic E-state index is 0.427. The van der Waals surface area contributed by atoms with Crippen molar-refractivity contribution in [3.8, 4) is 12.3 Å². The molecule has 0 spiro atoms. The number of terminal acetylenes is 1. The summed E-state index contributed by atoms with van der Waals surface area (Å²) in [7, 11) is 0. The van der Waals surface area contributed by atoms with Gasteiger partial charge in [-0.1, -0.05) is 5.92 Å².